The Kier molecular flexibility index (Phi) is 6.62. The Bertz CT molecular complexity index is 1480. The van der Waals surface area contributed by atoms with E-state index in [1.54, 1.807) is 49.5 Å². The Balaban J connectivity index is 1.63. The fourth-order valence-corrected chi connectivity index (χ4v) is 5.11. The average molecular weight is 634 g/mol. The van der Waals surface area contributed by atoms with E-state index >= 15 is 0 Å². The van der Waals surface area contributed by atoms with Crippen LogP contribution in [0.25, 0.3) is 22.2 Å². The number of anilines is 2. The van der Waals surface area contributed by atoms with Crippen LogP contribution < -0.4 is 10.6 Å². The fourth-order valence-electron chi connectivity index (χ4n) is 3.60. The van der Waals surface area contributed by atoms with E-state index in [-0.39, 0.29) is 11.3 Å². The number of hydrogen-bond donors (Lipinski definition) is 4. The Hall–Kier alpha value is -3.38. The molecule has 0 spiro atoms. The maximum Gasteiger partial charge on any atom is 0.339 e. The van der Waals surface area contributed by atoms with Crippen LogP contribution in [0, 0.1) is 3.57 Å². The number of aromatic carboxylic acids is 1. The van der Waals surface area contributed by atoms with E-state index in [0.717, 1.165) is 19.3 Å². The lowest BCUT2D eigenvalue weighted by atomic mass is 10.1. The molecule has 0 aliphatic rings. The maximum atomic E-state index is 12.4. The van der Waals surface area contributed by atoms with Crippen molar-refractivity contribution in [1.29, 1.82) is 0 Å². The quantitative estimate of drug-likeness (QED) is 0.182. The summed E-state index contributed by atoms with van der Waals surface area (Å²) in [6.45, 7) is 0. The van der Waals surface area contributed by atoms with Crippen molar-refractivity contribution in [1.82, 2.24) is 4.57 Å². The summed E-state index contributed by atoms with van der Waals surface area (Å²) >= 11 is 5.44. The molecule has 172 valence electrons. The lowest BCUT2D eigenvalue weighted by molar-refractivity contribution is -0.132. The van der Waals surface area contributed by atoms with Gasteiger partial charge in [-0.2, -0.15) is 0 Å². The van der Waals surface area contributed by atoms with Gasteiger partial charge in [0.05, 0.1) is 11.2 Å². The van der Waals surface area contributed by atoms with Crippen LogP contribution in [0.15, 0.2) is 65.1 Å². The largest absolute Gasteiger partial charge is 0.507 e. The molecule has 4 N–H and O–H groups in total. The number of amides is 2. The smallest absolute Gasteiger partial charge is 0.339 e. The van der Waals surface area contributed by atoms with Gasteiger partial charge in [-0.3, -0.25) is 9.59 Å². The lowest BCUT2D eigenvalue weighted by Gasteiger charge is -2.10. The number of nitrogens with one attached hydrogen (secondary N) is 2. The predicted octanol–water partition coefficient (Wildman–Crippen LogP) is 5.19. The predicted molar refractivity (Wildman–Crippen MR) is 141 cm³/mol. The zero-order chi connectivity index (χ0) is 24.6. The van der Waals surface area contributed by atoms with Crippen molar-refractivity contribution in [3.8, 4) is 17.0 Å². The van der Waals surface area contributed by atoms with Crippen molar-refractivity contribution in [2.45, 2.75) is 0 Å². The number of halogens is 2. The van der Waals surface area contributed by atoms with Gasteiger partial charge in [-0.05, 0) is 59.0 Å². The van der Waals surface area contributed by atoms with Crippen molar-refractivity contribution in [2.24, 2.45) is 7.05 Å². The average Bonchev–Trinajstić information content (AvgIpc) is 3.02. The number of aryl methyl sites for hydroxylation is 1. The molecule has 2 amide bonds. The van der Waals surface area contributed by atoms with E-state index in [4.69, 9.17) is 0 Å². The van der Waals surface area contributed by atoms with Crippen LogP contribution >= 0.6 is 38.5 Å². The SMILES string of the molecule is Cn1c(-c2cccc(NC(=O)C(=O)Nc3cccc(Br)c3)c2)c(I)c2cc(C(=O)O)c(O)cc21. The zero-order valence-electron chi connectivity index (χ0n) is 17.6. The summed E-state index contributed by atoms with van der Waals surface area (Å²) in [6, 6.07) is 16.7. The van der Waals surface area contributed by atoms with Gasteiger partial charge >= 0.3 is 17.8 Å². The first-order valence-corrected chi connectivity index (χ1v) is 11.8. The second-order valence-electron chi connectivity index (χ2n) is 7.41. The molecule has 0 aliphatic heterocycles. The lowest BCUT2D eigenvalue weighted by Crippen LogP contribution is -2.29. The summed E-state index contributed by atoms with van der Waals surface area (Å²) in [5.74, 6) is -3.16. The van der Waals surface area contributed by atoms with Gasteiger partial charge < -0.3 is 25.4 Å². The number of rotatable bonds is 4. The zero-order valence-corrected chi connectivity index (χ0v) is 21.3. The number of fused-ring (bicyclic) bond motifs is 1. The molecule has 0 saturated carbocycles. The van der Waals surface area contributed by atoms with E-state index in [2.05, 4.69) is 49.2 Å². The standard InChI is InChI=1S/C24H17BrIN3O5/c1-29-18-11-19(30)17(24(33)34)10-16(18)20(26)21(29)12-4-2-6-14(8-12)27-22(31)23(32)28-15-7-3-5-13(25)9-15/h2-11,30H,1H3,(H,27,31)(H,28,32)(H,33,34). The first-order valence-electron chi connectivity index (χ1n) is 9.88. The van der Waals surface area contributed by atoms with Crippen LogP contribution in [-0.4, -0.2) is 32.6 Å². The molecule has 34 heavy (non-hydrogen) atoms. The molecule has 0 radical (unpaired) electrons. The fraction of sp³-hybridized carbons (Fsp3) is 0.0417. The number of carbonyl (C=O) groups excluding carboxylic acids is 2. The normalized spacial score (nSPS) is 10.8. The molecular formula is C24H17BrIN3O5. The maximum absolute atomic E-state index is 12.4. The molecule has 0 saturated heterocycles. The van der Waals surface area contributed by atoms with Crippen LogP contribution in [0.4, 0.5) is 11.4 Å². The highest BCUT2D eigenvalue weighted by atomic mass is 127. The molecule has 0 bridgehead atoms. The van der Waals surface area contributed by atoms with Gasteiger partial charge in [0, 0.05) is 43.5 Å². The minimum atomic E-state index is -1.22. The van der Waals surface area contributed by atoms with Crippen molar-refractivity contribution in [3.63, 3.8) is 0 Å². The summed E-state index contributed by atoms with van der Waals surface area (Å²) in [7, 11) is 1.80. The minimum Gasteiger partial charge on any atom is -0.507 e. The summed E-state index contributed by atoms with van der Waals surface area (Å²) in [4.78, 5) is 36.2. The Morgan fingerprint density at radius 1 is 0.941 bits per heavy atom. The number of aromatic nitrogens is 1. The second kappa shape index (κ2) is 9.47. The van der Waals surface area contributed by atoms with Crippen molar-refractivity contribution >= 4 is 78.6 Å². The van der Waals surface area contributed by atoms with E-state index in [1.807, 2.05) is 10.6 Å². The molecule has 0 fully saturated rings. The summed E-state index contributed by atoms with van der Waals surface area (Å²) in [5.41, 5.74) is 2.89. The number of nitrogens with zero attached hydrogens (tertiary/aromatic N) is 1. The highest BCUT2D eigenvalue weighted by Crippen LogP contribution is 2.37. The van der Waals surface area contributed by atoms with Gasteiger partial charge in [-0.15, -0.1) is 0 Å². The Morgan fingerprint density at radius 3 is 2.18 bits per heavy atom. The third-order valence-electron chi connectivity index (χ3n) is 5.17. The molecule has 4 aromatic rings. The first-order chi connectivity index (χ1) is 16.2. The summed E-state index contributed by atoms with van der Waals surface area (Å²) < 4.78 is 3.39. The van der Waals surface area contributed by atoms with E-state index in [9.17, 15) is 24.6 Å². The minimum absolute atomic E-state index is 0.181. The Morgan fingerprint density at radius 2 is 1.56 bits per heavy atom. The first kappa shape index (κ1) is 23.8. The molecule has 0 atom stereocenters. The highest BCUT2D eigenvalue weighted by Gasteiger charge is 2.20. The van der Waals surface area contributed by atoms with Gasteiger partial charge in [0.2, 0.25) is 0 Å². The van der Waals surface area contributed by atoms with Gasteiger partial charge in [0.25, 0.3) is 0 Å². The second-order valence-corrected chi connectivity index (χ2v) is 9.41. The number of aromatic hydroxyl groups is 1. The molecule has 1 heterocycles. The Labute approximate surface area is 215 Å². The number of carbonyl (C=O) groups is 3. The van der Waals surface area contributed by atoms with Crippen LogP contribution in [0.5, 0.6) is 5.75 Å². The monoisotopic (exact) mass is 633 g/mol. The molecule has 0 unspecified atom stereocenters. The van der Waals surface area contributed by atoms with Crippen molar-refractivity contribution in [3.05, 3.63) is 74.3 Å². The number of carboxylic acid groups (broad SMARTS) is 1. The van der Waals surface area contributed by atoms with Gasteiger partial charge in [0.1, 0.15) is 11.3 Å². The van der Waals surface area contributed by atoms with Crippen molar-refractivity contribution < 1.29 is 24.6 Å². The highest BCUT2D eigenvalue weighted by molar-refractivity contribution is 14.1. The summed E-state index contributed by atoms with van der Waals surface area (Å²) in [6.07, 6.45) is 0. The third kappa shape index (κ3) is 4.64. The van der Waals surface area contributed by atoms with E-state index < -0.39 is 17.8 Å². The molecular weight excluding hydrogens is 617 g/mol. The molecule has 0 aliphatic carbocycles. The molecule has 10 heteroatoms. The third-order valence-corrected chi connectivity index (χ3v) is 6.75. The molecule has 8 nitrogen and oxygen atoms in total. The number of hydrogen-bond acceptors (Lipinski definition) is 4. The van der Waals surface area contributed by atoms with Crippen molar-refractivity contribution in [2.75, 3.05) is 10.6 Å². The van der Waals surface area contributed by atoms with E-state index in [0.29, 0.717) is 22.3 Å². The van der Waals surface area contributed by atoms with Crippen LogP contribution in [-0.2, 0) is 16.6 Å². The van der Waals surface area contributed by atoms with Crippen LogP contribution in [0.2, 0.25) is 0 Å². The summed E-state index contributed by atoms with van der Waals surface area (Å²) in [5, 5.41) is 25.3. The van der Waals surface area contributed by atoms with Gasteiger partial charge in [-0.1, -0.05) is 34.1 Å². The molecule has 3 aromatic carbocycles. The number of phenols is 1. The molecule has 4 rings (SSSR count). The van der Waals surface area contributed by atoms with Crippen LogP contribution in [0.1, 0.15) is 10.4 Å². The van der Waals surface area contributed by atoms with Gasteiger partial charge in [-0.25, -0.2) is 4.79 Å². The van der Waals surface area contributed by atoms with Gasteiger partial charge in [0.15, 0.2) is 0 Å². The van der Waals surface area contributed by atoms with E-state index in [1.165, 1.54) is 12.1 Å². The molecule has 1 aromatic heterocycles. The topological polar surface area (TPSA) is 121 Å². The number of carboxylic acids is 1. The van der Waals surface area contributed by atoms with Crippen LogP contribution in [0.3, 0.4) is 0 Å². The number of benzene rings is 3.